The zero-order valence-electron chi connectivity index (χ0n) is 17.8. The smallest absolute Gasteiger partial charge is 0.261 e. The fraction of sp³-hybridized carbons (Fsp3) is 0.391. The third-order valence-corrected chi connectivity index (χ3v) is 6.08. The summed E-state index contributed by atoms with van der Waals surface area (Å²) in [5, 5.41) is 26.9. The van der Waals surface area contributed by atoms with E-state index < -0.39 is 5.60 Å². The van der Waals surface area contributed by atoms with E-state index in [9.17, 15) is 15.2 Å². The largest absolute Gasteiger partial charge is 0.490 e. The number of aromatic nitrogens is 3. The summed E-state index contributed by atoms with van der Waals surface area (Å²) in [4.78, 5) is 19.6. The van der Waals surface area contributed by atoms with Crippen LogP contribution in [-0.2, 0) is 6.42 Å². The maximum absolute atomic E-state index is 13.2. The highest BCUT2D eigenvalue weighted by molar-refractivity contribution is 6.09. The third-order valence-electron chi connectivity index (χ3n) is 6.08. The van der Waals surface area contributed by atoms with Gasteiger partial charge in [0.15, 0.2) is 5.65 Å². The van der Waals surface area contributed by atoms with Gasteiger partial charge in [0.1, 0.15) is 17.9 Å². The molecule has 0 spiro atoms. The molecule has 0 aliphatic carbocycles. The Bertz CT molecular complexity index is 1220. The fourth-order valence-corrected chi connectivity index (χ4v) is 4.37. The van der Waals surface area contributed by atoms with Gasteiger partial charge in [-0.15, -0.1) is 0 Å². The highest BCUT2D eigenvalue weighted by Gasteiger charge is 2.31. The number of carbonyl (C=O) groups is 1. The van der Waals surface area contributed by atoms with E-state index in [1.807, 2.05) is 12.1 Å². The summed E-state index contributed by atoms with van der Waals surface area (Å²) in [5.41, 5.74) is 2.21. The first-order valence-corrected chi connectivity index (χ1v) is 10.7. The quantitative estimate of drug-likeness (QED) is 0.653. The molecular formula is C23H24N6O3. The van der Waals surface area contributed by atoms with Crippen LogP contribution in [-0.4, -0.2) is 50.9 Å². The van der Waals surface area contributed by atoms with Crippen molar-refractivity contribution in [3.05, 3.63) is 47.9 Å². The predicted molar refractivity (Wildman–Crippen MR) is 118 cm³/mol. The van der Waals surface area contributed by atoms with Gasteiger partial charge in [0.25, 0.3) is 5.91 Å². The van der Waals surface area contributed by atoms with Gasteiger partial charge >= 0.3 is 0 Å². The minimum Gasteiger partial charge on any atom is -0.490 e. The van der Waals surface area contributed by atoms with Crippen LogP contribution >= 0.6 is 0 Å². The molecule has 5 rings (SSSR count). The molecule has 1 fully saturated rings. The number of hydrogen-bond donors (Lipinski definition) is 2. The lowest BCUT2D eigenvalue weighted by atomic mass is 9.92. The van der Waals surface area contributed by atoms with E-state index in [1.54, 1.807) is 29.9 Å². The molecule has 2 N–H and O–H groups in total. The Hall–Kier alpha value is -3.64. The van der Waals surface area contributed by atoms with Gasteiger partial charge in [0.05, 0.1) is 29.2 Å². The lowest BCUT2D eigenvalue weighted by Crippen LogP contribution is -2.39. The number of nitrogens with one attached hydrogen (secondary N) is 1. The molecule has 2 aromatic heterocycles. The number of nitriles is 1. The molecule has 0 saturated carbocycles. The SMILES string of the molecule is C[C@@]1(O)COc2cc(N3CCC(C#N)CC3)c(NC(=O)c3cnn4cccnc34)cc2C1. The molecule has 9 heteroatoms. The first-order chi connectivity index (χ1) is 15.4. The molecule has 2 aliphatic heterocycles. The molecule has 3 aromatic rings. The average Bonchev–Trinajstić information content (AvgIpc) is 3.22. The fourth-order valence-electron chi connectivity index (χ4n) is 4.37. The van der Waals surface area contributed by atoms with Crippen LogP contribution in [0.2, 0.25) is 0 Å². The van der Waals surface area contributed by atoms with Gasteiger partial charge in [0.2, 0.25) is 0 Å². The first-order valence-electron chi connectivity index (χ1n) is 10.7. The zero-order chi connectivity index (χ0) is 22.3. The monoisotopic (exact) mass is 432 g/mol. The van der Waals surface area contributed by atoms with E-state index >= 15 is 0 Å². The third kappa shape index (κ3) is 3.74. The second-order valence-corrected chi connectivity index (χ2v) is 8.73. The number of hydrogen-bond acceptors (Lipinski definition) is 7. The van der Waals surface area contributed by atoms with Crippen molar-refractivity contribution in [2.45, 2.75) is 31.8 Å². The van der Waals surface area contributed by atoms with Gasteiger partial charge in [-0.3, -0.25) is 4.79 Å². The van der Waals surface area contributed by atoms with Crippen molar-refractivity contribution in [2.75, 3.05) is 29.9 Å². The number of nitrogens with zero attached hydrogens (tertiary/aromatic N) is 5. The van der Waals surface area contributed by atoms with Crippen LogP contribution in [0.3, 0.4) is 0 Å². The zero-order valence-corrected chi connectivity index (χ0v) is 17.8. The minimum atomic E-state index is -0.965. The molecule has 1 amide bonds. The Morgan fingerprint density at radius 3 is 2.97 bits per heavy atom. The maximum atomic E-state index is 13.2. The summed E-state index contributed by atoms with van der Waals surface area (Å²) in [6, 6.07) is 7.91. The summed E-state index contributed by atoms with van der Waals surface area (Å²) in [6.45, 7) is 3.39. The Kier molecular flexibility index (Phi) is 4.94. The van der Waals surface area contributed by atoms with Gasteiger partial charge in [-0.25, -0.2) is 9.50 Å². The highest BCUT2D eigenvalue weighted by atomic mass is 16.5. The van der Waals surface area contributed by atoms with Crippen LogP contribution < -0.4 is 15.0 Å². The molecule has 0 radical (unpaired) electrons. The van der Waals surface area contributed by atoms with Gasteiger partial charge < -0.3 is 20.1 Å². The lowest BCUT2D eigenvalue weighted by molar-refractivity contribution is -0.000561. The summed E-state index contributed by atoms with van der Waals surface area (Å²) >= 11 is 0. The van der Waals surface area contributed by atoms with E-state index in [-0.39, 0.29) is 18.4 Å². The summed E-state index contributed by atoms with van der Waals surface area (Å²) < 4.78 is 7.39. The van der Waals surface area contributed by atoms with Crippen LogP contribution in [0, 0.1) is 17.2 Å². The predicted octanol–water partition coefficient (Wildman–Crippen LogP) is 2.41. The Balaban J connectivity index is 1.50. The van der Waals surface area contributed by atoms with Crippen molar-refractivity contribution in [3.63, 3.8) is 0 Å². The van der Waals surface area contributed by atoms with Crippen molar-refractivity contribution in [3.8, 4) is 11.8 Å². The Morgan fingerprint density at radius 1 is 1.38 bits per heavy atom. The maximum Gasteiger partial charge on any atom is 0.261 e. The Morgan fingerprint density at radius 2 is 2.19 bits per heavy atom. The average molecular weight is 432 g/mol. The summed E-state index contributed by atoms with van der Waals surface area (Å²) in [5.74, 6) is 0.456. The first kappa shape index (κ1) is 20.3. The number of piperidine rings is 1. The standard InChI is InChI=1S/C23H24N6O3/c1-23(31)11-16-9-18(27-22(30)17-13-26-29-6-2-5-25-21(17)29)19(10-20(16)32-14-23)28-7-3-15(12-24)4-8-28/h2,5-6,9-10,13,15,31H,3-4,7-8,11,14H2,1H3,(H,27,30)/t23-/m0/s1. The normalized spacial score (nSPS) is 21.0. The number of benzene rings is 1. The number of amides is 1. The highest BCUT2D eigenvalue weighted by Crippen LogP contribution is 2.39. The number of ether oxygens (including phenoxy) is 1. The lowest BCUT2D eigenvalue weighted by Gasteiger charge is -2.35. The number of carbonyl (C=O) groups excluding carboxylic acids is 1. The van der Waals surface area contributed by atoms with Crippen molar-refractivity contribution in [1.82, 2.24) is 14.6 Å². The van der Waals surface area contributed by atoms with Crippen LogP contribution in [0.15, 0.2) is 36.8 Å². The Labute approximate surface area is 185 Å². The minimum absolute atomic E-state index is 0.0538. The number of fused-ring (bicyclic) bond motifs is 2. The topological polar surface area (TPSA) is 116 Å². The van der Waals surface area contributed by atoms with E-state index in [0.29, 0.717) is 29.1 Å². The van der Waals surface area contributed by atoms with E-state index in [0.717, 1.165) is 37.2 Å². The van der Waals surface area contributed by atoms with Gasteiger partial charge in [-0.1, -0.05) is 0 Å². The second kappa shape index (κ2) is 7.80. The molecule has 0 unspecified atom stereocenters. The van der Waals surface area contributed by atoms with Crippen molar-refractivity contribution in [1.29, 1.82) is 5.26 Å². The van der Waals surface area contributed by atoms with Crippen LogP contribution in [0.1, 0.15) is 35.7 Å². The van der Waals surface area contributed by atoms with Crippen molar-refractivity contribution < 1.29 is 14.6 Å². The molecule has 164 valence electrons. The molecule has 4 heterocycles. The molecule has 1 atom stereocenters. The van der Waals surface area contributed by atoms with Crippen LogP contribution in [0.5, 0.6) is 5.75 Å². The number of anilines is 2. The summed E-state index contributed by atoms with van der Waals surface area (Å²) in [6.07, 6.45) is 6.84. The molecule has 1 saturated heterocycles. The van der Waals surface area contributed by atoms with E-state index in [2.05, 4.69) is 26.4 Å². The second-order valence-electron chi connectivity index (χ2n) is 8.73. The molecular weight excluding hydrogens is 408 g/mol. The van der Waals surface area contributed by atoms with E-state index in [4.69, 9.17) is 4.74 Å². The van der Waals surface area contributed by atoms with Gasteiger partial charge in [-0.2, -0.15) is 10.4 Å². The molecule has 32 heavy (non-hydrogen) atoms. The van der Waals surface area contributed by atoms with Gasteiger partial charge in [-0.05, 0) is 37.5 Å². The van der Waals surface area contributed by atoms with Crippen LogP contribution in [0.4, 0.5) is 11.4 Å². The number of rotatable bonds is 3. The molecule has 1 aromatic carbocycles. The van der Waals surface area contributed by atoms with Crippen molar-refractivity contribution >= 4 is 22.9 Å². The molecule has 0 bridgehead atoms. The molecule has 9 nitrogen and oxygen atoms in total. The summed E-state index contributed by atoms with van der Waals surface area (Å²) in [7, 11) is 0. The molecule has 2 aliphatic rings. The van der Waals surface area contributed by atoms with Gasteiger partial charge in [0, 0.05) is 43.9 Å². The van der Waals surface area contributed by atoms with Crippen molar-refractivity contribution in [2.24, 2.45) is 5.92 Å². The van der Waals surface area contributed by atoms with E-state index in [1.165, 1.54) is 6.20 Å². The van der Waals surface area contributed by atoms with Crippen LogP contribution in [0.25, 0.3) is 5.65 Å². The number of aliphatic hydroxyl groups is 1.